The number of aliphatic hydroxyl groups is 6. The monoisotopic (exact) mass is 528 g/mol. The van der Waals surface area contributed by atoms with Crippen LogP contribution in [0.4, 0.5) is 0 Å². The van der Waals surface area contributed by atoms with Gasteiger partial charge in [-0.15, -0.1) is 0 Å². The number of carboxylic acids is 2. The number of phenols is 1. The number of carbonyl (C=O) groups is 2. The number of aromatic hydroxyl groups is 1. The number of hydrogen-bond acceptors (Lipinski definition) is 13. The Morgan fingerprint density at radius 3 is 1.57 bits per heavy atom. The van der Waals surface area contributed by atoms with E-state index in [1.54, 1.807) is 0 Å². The van der Waals surface area contributed by atoms with Crippen molar-refractivity contribution in [2.45, 2.75) is 61.4 Å². The third kappa shape index (κ3) is 4.86. The Balaban J connectivity index is 1.70. The van der Waals surface area contributed by atoms with Gasteiger partial charge in [0.25, 0.3) is 0 Å². The molecular formula is C22H24O15. The summed E-state index contributed by atoms with van der Waals surface area (Å²) in [5.41, 5.74) is 0. The third-order valence-corrected chi connectivity index (χ3v) is 6.05. The molecule has 2 saturated heterocycles. The van der Waals surface area contributed by atoms with Gasteiger partial charge in [-0.2, -0.15) is 0 Å². The molecule has 0 bridgehead atoms. The van der Waals surface area contributed by atoms with Crippen LogP contribution in [-0.2, 0) is 19.1 Å². The van der Waals surface area contributed by atoms with Crippen LogP contribution in [0, 0.1) is 0 Å². The molecule has 15 nitrogen and oxygen atoms in total. The average molecular weight is 528 g/mol. The van der Waals surface area contributed by atoms with Crippen molar-refractivity contribution in [1.82, 2.24) is 0 Å². The molecule has 0 aromatic heterocycles. The lowest BCUT2D eigenvalue weighted by Gasteiger charge is -2.39. The van der Waals surface area contributed by atoms with E-state index < -0.39 is 73.4 Å². The number of rotatable bonds is 6. The second-order valence-corrected chi connectivity index (χ2v) is 8.47. The molecule has 37 heavy (non-hydrogen) atoms. The van der Waals surface area contributed by atoms with Crippen molar-refractivity contribution in [2.24, 2.45) is 0 Å². The standard InChI is InChI=1S/C22H24O15/c23-7-4-5-9(35-22-16(29)12(25)14(27)18(37-22)20(32)33)10-6(7)2-1-3-8(10)34-21-15(28)11(24)13(26)17(36-21)19(30)31/h1-5,11-18,21-29H,(H,30,31)(H,32,33)/t11-,12-,13-,14-,15+,16+,17-,18-,21?,22?/m0/s1. The van der Waals surface area contributed by atoms with Gasteiger partial charge in [-0.3, -0.25) is 0 Å². The maximum absolute atomic E-state index is 11.4. The summed E-state index contributed by atoms with van der Waals surface area (Å²) >= 11 is 0. The molecular weight excluding hydrogens is 504 g/mol. The Morgan fingerprint density at radius 1 is 0.649 bits per heavy atom. The highest BCUT2D eigenvalue weighted by Gasteiger charge is 2.49. The summed E-state index contributed by atoms with van der Waals surface area (Å²) in [6.07, 6.45) is -19.2. The molecule has 0 aliphatic carbocycles. The Kier molecular flexibility index (Phi) is 7.40. The number of aliphatic hydroxyl groups excluding tert-OH is 6. The van der Waals surface area contributed by atoms with Gasteiger partial charge in [-0.1, -0.05) is 12.1 Å². The van der Waals surface area contributed by atoms with Crippen molar-refractivity contribution in [2.75, 3.05) is 0 Å². The van der Waals surface area contributed by atoms with Crippen LogP contribution >= 0.6 is 0 Å². The van der Waals surface area contributed by atoms with Gasteiger partial charge in [0.05, 0.1) is 5.39 Å². The first kappa shape index (κ1) is 26.8. The molecule has 0 amide bonds. The minimum Gasteiger partial charge on any atom is -0.507 e. The molecule has 0 radical (unpaired) electrons. The second-order valence-electron chi connectivity index (χ2n) is 8.47. The van der Waals surface area contributed by atoms with Gasteiger partial charge >= 0.3 is 11.9 Å². The van der Waals surface area contributed by atoms with Gasteiger partial charge in [-0.25, -0.2) is 9.59 Å². The zero-order chi connectivity index (χ0) is 27.2. The molecule has 0 spiro atoms. The molecule has 9 N–H and O–H groups in total. The van der Waals surface area contributed by atoms with Gasteiger partial charge in [0.2, 0.25) is 12.6 Å². The minimum atomic E-state index is -1.96. The first-order valence-corrected chi connectivity index (χ1v) is 10.8. The van der Waals surface area contributed by atoms with Gasteiger partial charge < -0.3 is 64.9 Å². The van der Waals surface area contributed by atoms with Gasteiger partial charge in [0, 0.05) is 5.39 Å². The zero-order valence-corrected chi connectivity index (χ0v) is 18.6. The van der Waals surface area contributed by atoms with Gasteiger partial charge in [0.1, 0.15) is 53.9 Å². The van der Waals surface area contributed by atoms with Crippen molar-refractivity contribution < 1.29 is 74.5 Å². The van der Waals surface area contributed by atoms with Crippen LogP contribution in [0.3, 0.4) is 0 Å². The lowest BCUT2D eigenvalue weighted by atomic mass is 9.98. The highest BCUT2D eigenvalue weighted by Crippen LogP contribution is 2.41. The van der Waals surface area contributed by atoms with Crippen LogP contribution in [0.25, 0.3) is 10.8 Å². The van der Waals surface area contributed by atoms with E-state index >= 15 is 0 Å². The fourth-order valence-electron chi connectivity index (χ4n) is 4.07. The lowest BCUT2D eigenvalue weighted by molar-refractivity contribution is -0.271. The first-order chi connectivity index (χ1) is 17.4. The molecule has 2 unspecified atom stereocenters. The van der Waals surface area contributed by atoms with E-state index in [2.05, 4.69) is 0 Å². The van der Waals surface area contributed by atoms with Crippen LogP contribution in [0.1, 0.15) is 0 Å². The van der Waals surface area contributed by atoms with E-state index in [9.17, 15) is 55.5 Å². The molecule has 2 aromatic rings. The van der Waals surface area contributed by atoms with Crippen molar-refractivity contribution in [1.29, 1.82) is 0 Å². The number of phenolic OH excluding ortho intramolecular Hbond substituents is 1. The predicted octanol–water partition coefficient (Wildman–Crippen LogP) is -2.91. The maximum atomic E-state index is 11.4. The summed E-state index contributed by atoms with van der Waals surface area (Å²) in [5, 5.41) is 89.4. The molecule has 2 fully saturated rings. The second kappa shape index (κ2) is 10.2. The molecule has 2 aromatic carbocycles. The number of fused-ring (bicyclic) bond motifs is 1. The van der Waals surface area contributed by atoms with Crippen molar-refractivity contribution >= 4 is 22.7 Å². The fourth-order valence-corrected chi connectivity index (χ4v) is 4.07. The van der Waals surface area contributed by atoms with Crippen molar-refractivity contribution in [3.05, 3.63) is 30.3 Å². The highest BCUT2D eigenvalue weighted by molar-refractivity contribution is 5.97. The summed E-state index contributed by atoms with van der Waals surface area (Å²) in [5.74, 6) is -3.95. The van der Waals surface area contributed by atoms with Crippen LogP contribution in [0.2, 0.25) is 0 Å². The quantitative estimate of drug-likeness (QED) is 0.182. The summed E-state index contributed by atoms with van der Waals surface area (Å²) in [4.78, 5) is 22.8. The van der Waals surface area contributed by atoms with E-state index in [-0.39, 0.29) is 28.0 Å². The Bertz CT molecular complexity index is 1120. The van der Waals surface area contributed by atoms with Crippen LogP contribution < -0.4 is 9.47 Å². The van der Waals surface area contributed by atoms with Crippen molar-refractivity contribution in [3.63, 3.8) is 0 Å². The molecule has 10 atom stereocenters. The normalized spacial score (nSPS) is 36.2. The van der Waals surface area contributed by atoms with Gasteiger partial charge in [0.15, 0.2) is 12.2 Å². The predicted molar refractivity (Wildman–Crippen MR) is 116 cm³/mol. The zero-order valence-electron chi connectivity index (χ0n) is 18.6. The number of aliphatic carboxylic acids is 2. The maximum Gasteiger partial charge on any atom is 0.335 e. The van der Waals surface area contributed by atoms with Gasteiger partial charge in [-0.05, 0) is 18.2 Å². The largest absolute Gasteiger partial charge is 0.507 e. The third-order valence-electron chi connectivity index (χ3n) is 6.05. The SMILES string of the molecule is O=C(O)[C@H]1OC(Oc2cccc3c(O)ccc(OC4O[C@H](C(=O)O)[C@@H](O)[C@H](O)[C@H]4O)c23)[C@H](O)[C@@H](O)[C@@H]1O. The molecule has 15 heteroatoms. The van der Waals surface area contributed by atoms with Crippen molar-refractivity contribution in [3.8, 4) is 17.2 Å². The first-order valence-electron chi connectivity index (χ1n) is 10.8. The van der Waals surface area contributed by atoms with E-state index in [1.807, 2.05) is 0 Å². The Morgan fingerprint density at radius 2 is 1.11 bits per heavy atom. The van der Waals surface area contributed by atoms with E-state index in [0.717, 1.165) is 0 Å². The van der Waals surface area contributed by atoms with E-state index in [0.29, 0.717) is 0 Å². The summed E-state index contributed by atoms with van der Waals surface area (Å²) in [7, 11) is 0. The summed E-state index contributed by atoms with van der Waals surface area (Å²) < 4.78 is 21.5. The van der Waals surface area contributed by atoms with E-state index in [1.165, 1.54) is 30.3 Å². The molecule has 2 aliphatic rings. The lowest BCUT2D eigenvalue weighted by Crippen LogP contribution is -2.61. The molecule has 4 rings (SSSR count). The minimum absolute atomic E-state index is 0.0472. The Hall–Kier alpha value is -3.28. The molecule has 2 heterocycles. The smallest absolute Gasteiger partial charge is 0.335 e. The van der Waals surface area contributed by atoms with Crippen LogP contribution in [0.15, 0.2) is 30.3 Å². The molecule has 202 valence electrons. The Labute approximate surface area is 206 Å². The topological polar surface area (TPSA) is 253 Å². The number of ether oxygens (including phenoxy) is 4. The molecule has 2 aliphatic heterocycles. The molecule has 0 saturated carbocycles. The number of benzene rings is 2. The summed E-state index contributed by atoms with van der Waals surface area (Å²) in [6, 6.07) is 6.49. The van der Waals surface area contributed by atoms with Crippen LogP contribution in [0.5, 0.6) is 17.2 Å². The number of hydrogen-bond donors (Lipinski definition) is 9. The highest BCUT2D eigenvalue weighted by atomic mass is 16.7. The van der Waals surface area contributed by atoms with Crippen LogP contribution in [-0.4, -0.2) is 119 Å². The average Bonchev–Trinajstić information content (AvgIpc) is 2.85. The number of carboxylic acid groups (broad SMARTS) is 2. The summed E-state index contributed by atoms with van der Waals surface area (Å²) in [6.45, 7) is 0. The fraction of sp³-hybridized carbons (Fsp3) is 0.455. The van der Waals surface area contributed by atoms with E-state index in [4.69, 9.17) is 18.9 Å².